The molecule has 0 radical (unpaired) electrons. The highest BCUT2D eigenvalue weighted by Gasteiger charge is 2.58. The molecule has 2 heterocycles. The second-order valence-electron chi connectivity index (χ2n) is 6.10. The quantitative estimate of drug-likeness (QED) is 0.757. The molecule has 2 saturated heterocycles. The van der Waals surface area contributed by atoms with Gasteiger partial charge in [-0.1, -0.05) is 20.8 Å². The zero-order valence-electron chi connectivity index (χ0n) is 9.69. The van der Waals surface area contributed by atoms with Crippen LogP contribution in [0.15, 0.2) is 0 Å². The Bertz CT molecular complexity index is 241. The minimum Gasteiger partial charge on any atom is -0.312 e. The zero-order valence-corrected chi connectivity index (χ0v) is 9.69. The first kappa shape index (κ1) is 11.3. The molecule has 0 aromatic carbocycles. The predicted octanol–water partition coefficient (Wildman–Crippen LogP) is 1.57. The molecule has 1 atom stereocenters. The van der Waals surface area contributed by atoms with Crippen LogP contribution in [0.25, 0.3) is 0 Å². The van der Waals surface area contributed by atoms with Crippen LogP contribution >= 0.6 is 0 Å². The van der Waals surface area contributed by atoms with E-state index in [0.717, 1.165) is 19.6 Å². The lowest BCUT2D eigenvalue weighted by molar-refractivity contribution is -0.125. The summed E-state index contributed by atoms with van der Waals surface area (Å²) in [6.45, 7) is 9.25. The number of hydrogen-bond donors (Lipinski definition) is 1. The minimum atomic E-state index is -2.19. The minimum absolute atomic E-state index is 0.0569. The highest BCUT2D eigenvalue weighted by Crippen LogP contribution is 2.46. The average molecular weight is 218 g/mol. The molecule has 0 aromatic rings. The third kappa shape index (κ3) is 1.89. The van der Waals surface area contributed by atoms with Gasteiger partial charge in [-0.2, -0.15) is 0 Å². The van der Waals surface area contributed by atoms with Gasteiger partial charge in [-0.25, -0.2) is 8.78 Å². The van der Waals surface area contributed by atoms with E-state index in [1.54, 1.807) is 0 Å². The van der Waals surface area contributed by atoms with Crippen LogP contribution in [-0.4, -0.2) is 43.5 Å². The Morgan fingerprint density at radius 2 is 2.00 bits per heavy atom. The Hall–Kier alpha value is -0.220. The Balaban J connectivity index is 1.87. The molecule has 2 fully saturated rings. The van der Waals surface area contributed by atoms with Gasteiger partial charge in [0, 0.05) is 31.1 Å². The fourth-order valence-corrected chi connectivity index (χ4v) is 3.18. The Morgan fingerprint density at radius 1 is 1.40 bits per heavy atom. The SMILES string of the molecule is CC(C)(C)C1NCC12CN(CC(F)F)C2. The van der Waals surface area contributed by atoms with E-state index in [9.17, 15) is 8.78 Å². The Labute approximate surface area is 90.0 Å². The topological polar surface area (TPSA) is 15.3 Å². The monoisotopic (exact) mass is 218 g/mol. The van der Waals surface area contributed by atoms with Crippen molar-refractivity contribution in [1.82, 2.24) is 10.2 Å². The van der Waals surface area contributed by atoms with Gasteiger partial charge in [0.1, 0.15) is 0 Å². The summed E-state index contributed by atoms with van der Waals surface area (Å²) in [5.41, 5.74) is 0.516. The highest BCUT2D eigenvalue weighted by molar-refractivity contribution is 5.14. The van der Waals surface area contributed by atoms with E-state index < -0.39 is 6.43 Å². The standard InChI is InChI=1S/C11H20F2N2/c1-10(2,3)9-11(5-14-9)6-15(7-11)4-8(12)13/h8-9,14H,4-7H2,1-3H3. The van der Waals surface area contributed by atoms with E-state index in [-0.39, 0.29) is 17.4 Å². The fourth-order valence-electron chi connectivity index (χ4n) is 3.18. The number of halogens is 2. The molecule has 0 aliphatic carbocycles. The van der Waals surface area contributed by atoms with Crippen molar-refractivity contribution in [2.45, 2.75) is 33.2 Å². The molecular formula is C11H20F2N2. The maximum atomic E-state index is 12.2. The molecule has 1 N–H and O–H groups in total. The molecule has 0 saturated carbocycles. The first-order valence-electron chi connectivity index (χ1n) is 5.57. The lowest BCUT2D eigenvalue weighted by Gasteiger charge is -2.64. The summed E-state index contributed by atoms with van der Waals surface area (Å²) in [7, 11) is 0. The molecule has 0 aromatic heterocycles. The molecule has 0 bridgehead atoms. The summed E-state index contributed by atoms with van der Waals surface area (Å²) in [5, 5.41) is 3.44. The van der Waals surface area contributed by atoms with Crippen molar-refractivity contribution in [3.63, 3.8) is 0 Å². The van der Waals surface area contributed by atoms with Crippen molar-refractivity contribution in [2.75, 3.05) is 26.2 Å². The first-order valence-corrected chi connectivity index (χ1v) is 5.57. The van der Waals surface area contributed by atoms with Gasteiger partial charge in [0.05, 0.1) is 6.54 Å². The summed E-state index contributed by atoms with van der Waals surface area (Å²) in [6.07, 6.45) is -2.19. The molecule has 15 heavy (non-hydrogen) atoms. The van der Waals surface area contributed by atoms with Crippen molar-refractivity contribution in [3.05, 3.63) is 0 Å². The Kier molecular flexibility index (Phi) is 2.54. The van der Waals surface area contributed by atoms with Gasteiger partial charge < -0.3 is 5.32 Å². The van der Waals surface area contributed by atoms with Crippen molar-refractivity contribution < 1.29 is 8.78 Å². The van der Waals surface area contributed by atoms with Crippen molar-refractivity contribution >= 4 is 0 Å². The van der Waals surface area contributed by atoms with E-state index in [2.05, 4.69) is 26.1 Å². The van der Waals surface area contributed by atoms with Crippen molar-refractivity contribution in [3.8, 4) is 0 Å². The summed E-state index contributed by atoms with van der Waals surface area (Å²) >= 11 is 0. The average Bonchev–Trinajstić information content (AvgIpc) is 1.88. The zero-order chi connectivity index (χ0) is 11.3. The summed E-state index contributed by atoms with van der Waals surface area (Å²) in [4.78, 5) is 1.87. The number of nitrogens with one attached hydrogen (secondary N) is 1. The highest BCUT2D eigenvalue weighted by atomic mass is 19.3. The molecule has 0 amide bonds. The van der Waals surface area contributed by atoms with Crippen molar-refractivity contribution in [1.29, 1.82) is 0 Å². The van der Waals surface area contributed by atoms with Crippen LogP contribution in [0.4, 0.5) is 8.78 Å². The molecule has 2 aliphatic rings. The maximum Gasteiger partial charge on any atom is 0.251 e. The van der Waals surface area contributed by atoms with Crippen LogP contribution in [0, 0.1) is 10.8 Å². The lowest BCUT2D eigenvalue weighted by atomic mass is 9.59. The molecule has 2 nitrogen and oxygen atoms in total. The van der Waals surface area contributed by atoms with E-state index in [4.69, 9.17) is 0 Å². The fraction of sp³-hybridized carbons (Fsp3) is 1.00. The third-order valence-electron chi connectivity index (χ3n) is 3.61. The van der Waals surface area contributed by atoms with E-state index in [1.807, 2.05) is 4.90 Å². The number of rotatable bonds is 2. The molecule has 2 aliphatic heterocycles. The second-order valence-corrected chi connectivity index (χ2v) is 6.10. The molecule has 1 spiro atoms. The van der Waals surface area contributed by atoms with E-state index in [0.29, 0.717) is 6.04 Å². The van der Waals surface area contributed by atoms with Crippen LogP contribution in [0.1, 0.15) is 20.8 Å². The van der Waals surface area contributed by atoms with Gasteiger partial charge in [0.15, 0.2) is 0 Å². The van der Waals surface area contributed by atoms with Gasteiger partial charge >= 0.3 is 0 Å². The smallest absolute Gasteiger partial charge is 0.251 e. The predicted molar refractivity (Wildman–Crippen MR) is 56.1 cm³/mol. The van der Waals surface area contributed by atoms with Crippen LogP contribution in [-0.2, 0) is 0 Å². The molecule has 1 unspecified atom stereocenters. The van der Waals surface area contributed by atoms with Gasteiger partial charge in [-0.15, -0.1) is 0 Å². The number of likely N-dealkylation sites (tertiary alicyclic amines) is 1. The van der Waals surface area contributed by atoms with Gasteiger partial charge in [0.25, 0.3) is 6.43 Å². The Morgan fingerprint density at radius 3 is 2.33 bits per heavy atom. The third-order valence-corrected chi connectivity index (χ3v) is 3.61. The number of hydrogen-bond acceptors (Lipinski definition) is 2. The first-order chi connectivity index (χ1) is 6.83. The van der Waals surface area contributed by atoms with Crippen LogP contribution in [0.3, 0.4) is 0 Å². The molecule has 88 valence electrons. The van der Waals surface area contributed by atoms with Crippen LogP contribution < -0.4 is 5.32 Å². The number of nitrogens with zero attached hydrogens (tertiary/aromatic N) is 1. The maximum absolute atomic E-state index is 12.2. The number of alkyl halides is 2. The van der Waals surface area contributed by atoms with Crippen molar-refractivity contribution in [2.24, 2.45) is 10.8 Å². The normalized spacial score (nSPS) is 30.4. The summed E-state index contributed by atoms with van der Waals surface area (Å²) in [6, 6.07) is 0.485. The lowest BCUT2D eigenvalue weighted by Crippen LogP contribution is -2.79. The largest absolute Gasteiger partial charge is 0.312 e. The molecule has 4 heteroatoms. The molecular weight excluding hydrogens is 198 g/mol. The molecule has 2 rings (SSSR count). The summed E-state index contributed by atoms with van der Waals surface area (Å²) < 4.78 is 24.3. The summed E-state index contributed by atoms with van der Waals surface area (Å²) in [5.74, 6) is 0. The van der Waals surface area contributed by atoms with E-state index in [1.165, 1.54) is 0 Å². The van der Waals surface area contributed by atoms with Gasteiger partial charge in [-0.05, 0) is 5.41 Å². The van der Waals surface area contributed by atoms with Gasteiger partial charge in [0.2, 0.25) is 0 Å². The van der Waals surface area contributed by atoms with E-state index >= 15 is 0 Å². The van der Waals surface area contributed by atoms with Crippen LogP contribution in [0.2, 0.25) is 0 Å². The second kappa shape index (κ2) is 3.39. The van der Waals surface area contributed by atoms with Crippen LogP contribution in [0.5, 0.6) is 0 Å². The van der Waals surface area contributed by atoms with Gasteiger partial charge in [-0.3, -0.25) is 4.90 Å².